The van der Waals surface area contributed by atoms with Crippen molar-refractivity contribution in [2.75, 3.05) is 70.5 Å². The van der Waals surface area contributed by atoms with Crippen molar-refractivity contribution >= 4 is 52.3 Å². The summed E-state index contributed by atoms with van der Waals surface area (Å²) in [6.45, 7) is 7.41. The number of aliphatic hydroxyl groups is 1. The standard InChI is InChI=1S/C54H60ClF2N7O8/c1-31-45-43(28-39(56)48(55)47(45)46-38(50(58)67)12-15-41(49(46)57)70-26-25-65)72-54(31,35-5-3-2-4-6-35)30-59-36-10-7-33(8-11-36)52(69)63-19-17-32(18-20-63)29-62-21-23-64(24-22-62)53-60-40-14-9-34(27-42(40)71-53)37-13-16-44(66)61-51(37)68/h2-6,9,12,14-15,27-28,31-33,36-37,59,65H,7-8,10-11,13,16-26,29-30H2,1H3,(H2,58,67)(H,61,66,68). The van der Waals surface area contributed by atoms with Crippen molar-refractivity contribution in [2.24, 2.45) is 17.6 Å². The summed E-state index contributed by atoms with van der Waals surface area (Å²) in [5, 5.41) is 15.1. The number of aliphatic hydroxyl groups excluding tert-OH is 1. The second kappa shape index (κ2) is 20.8. The minimum atomic E-state index is -1.10. The molecule has 72 heavy (non-hydrogen) atoms. The minimum Gasteiger partial charge on any atom is -0.488 e. The average molecular weight is 1010 g/mol. The SMILES string of the molecule is CC1c2c(cc(F)c(Cl)c2-c2c(C(N)=O)ccc(OCCO)c2F)OC1(CNC1CCC(C(=O)N2CCC(CN3CCN(c4nc5ccc(C6CCC(=O)NC6=O)cc5o4)CC3)CC2)CC1)c1ccccc1. The Morgan fingerprint density at radius 1 is 0.944 bits per heavy atom. The first-order valence-corrected chi connectivity index (χ1v) is 25.6. The number of hydrogen-bond acceptors (Lipinski definition) is 12. The van der Waals surface area contributed by atoms with Gasteiger partial charge < -0.3 is 39.8 Å². The molecule has 1 aromatic heterocycles. The first-order chi connectivity index (χ1) is 34.8. The normalized spacial score (nSPS) is 24.0. The lowest BCUT2D eigenvalue weighted by molar-refractivity contribution is -0.138. The first-order valence-electron chi connectivity index (χ1n) is 25.2. The molecule has 0 radical (unpaired) electrons. The molecule has 1 aliphatic carbocycles. The van der Waals surface area contributed by atoms with Gasteiger partial charge in [-0.15, -0.1) is 0 Å². The van der Waals surface area contributed by atoms with Gasteiger partial charge in [-0.05, 0) is 86.3 Å². The number of piperidine rings is 2. The number of nitrogens with one attached hydrogen (secondary N) is 2. The van der Waals surface area contributed by atoms with E-state index in [1.54, 1.807) is 0 Å². The Hall–Kier alpha value is -6.14. The summed E-state index contributed by atoms with van der Waals surface area (Å²) in [5.41, 5.74) is 7.48. The molecule has 10 rings (SSSR count). The highest BCUT2D eigenvalue weighted by molar-refractivity contribution is 6.34. The Labute approximate surface area is 421 Å². The van der Waals surface area contributed by atoms with Gasteiger partial charge in [-0.1, -0.05) is 54.9 Å². The predicted octanol–water partition coefficient (Wildman–Crippen LogP) is 7.02. The van der Waals surface area contributed by atoms with Gasteiger partial charge in [0.1, 0.15) is 23.7 Å². The van der Waals surface area contributed by atoms with E-state index in [1.165, 1.54) is 18.2 Å². The third-order valence-corrected chi connectivity index (χ3v) is 16.1. The van der Waals surface area contributed by atoms with Gasteiger partial charge >= 0.3 is 0 Å². The van der Waals surface area contributed by atoms with Crippen LogP contribution in [0.25, 0.3) is 22.2 Å². The maximum atomic E-state index is 16.5. The van der Waals surface area contributed by atoms with E-state index in [0.717, 1.165) is 101 Å². The van der Waals surface area contributed by atoms with Crippen molar-refractivity contribution in [3.8, 4) is 22.6 Å². The molecule has 18 heteroatoms. The monoisotopic (exact) mass is 1010 g/mol. The first kappa shape index (κ1) is 49.4. The highest BCUT2D eigenvalue weighted by Crippen LogP contribution is 2.56. The zero-order valence-electron chi connectivity index (χ0n) is 40.3. The number of likely N-dealkylation sites (tertiary alicyclic amines) is 1. The van der Waals surface area contributed by atoms with E-state index in [9.17, 15) is 24.3 Å². The average Bonchev–Trinajstić information content (AvgIpc) is 3.94. The second-order valence-corrected chi connectivity index (χ2v) is 20.4. The highest BCUT2D eigenvalue weighted by atomic mass is 35.5. The quantitative estimate of drug-likeness (QED) is 0.0833. The van der Waals surface area contributed by atoms with E-state index in [0.29, 0.717) is 42.5 Å². The Morgan fingerprint density at radius 2 is 1.69 bits per heavy atom. The summed E-state index contributed by atoms with van der Waals surface area (Å²) in [6.07, 6.45) is 5.75. The molecule has 4 fully saturated rings. The van der Waals surface area contributed by atoms with Crippen LogP contribution in [0.1, 0.15) is 97.2 Å². The molecule has 0 bridgehead atoms. The summed E-state index contributed by atoms with van der Waals surface area (Å²) in [6, 6.07) is 19.6. The van der Waals surface area contributed by atoms with E-state index in [2.05, 4.69) is 25.3 Å². The van der Waals surface area contributed by atoms with Crippen molar-refractivity contribution in [1.82, 2.24) is 25.4 Å². The number of fused-ring (bicyclic) bond motifs is 2. The number of piperazine rings is 1. The molecule has 4 aromatic carbocycles. The van der Waals surface area contributed by atoms with Crippen molar-refractivity contribution in [3.63, 3.8) is 0 Å². The van der Waals surface area contributed by atoms with Gasteiger partial charge in [-0.3, -0.25) is 29.4 Å². The molecule has 3 atom stereocenters. The van der Waals surface area contributed by atoms with Crippen molar-refractivity contribution in [3.05, 3.63) is 106 Å². The Balaban J connectivity index is 0.729. The maximum absolute atomic E-state index is 16.5. The molecule has 5 aromatic rings. The number of carbonyl (C=O) groups is 4. The number of nitrogens with zero attached hydrogens (tertiary/aromatic N) is 4. The molecule has 3 unspecified atom stereocenters. The van der Waals surface area contributed by atoms with Crippen molar-refractivity contribution < 1.29 is 47.0 Å². The fourth-order valence-electron chi connectivity index (χ4n) is 11.7. The number of anilines is 1. The van der Waals surface area contributed by atoms with Crippen LogP contribution in [0.2, 0.25) is 5.02 Å². The lowest BCUT2D eigenvalue weighted by Gasteiger charge is -2.40. The third-order valence-electron chi connectivity index (χ3n) is 15.7. The zero-order chi connectivity index (χ0) is 50.3. The summed E-state index contributed by atoms with van der Waals surface area (Å²) in [5.74, 6) is -3.65. The van der Waals surface area contributed by atoms with Crippen molar-refractivity contribution in [2.45, 2.75) is 81.8 Å². The van der Waals surface area contributed by atoms with Crippen LogP contribution in [0.15, 0.2) is 71.1 Å². The zero-order valence-corrected chi connectivity index (χ0v) is 41.0. The topological polar surface area (TPSA) is 193 Å². The summed E-state index contributed by atoms with van der Waals surface area (Å²) in [7, 11) is 0. The summed E-state index contributed by atoms with van der Waals surface area (Å²) < 4.78 is 50.8. The molecule has 380 valence electrons. The lowest BCUT2D eigenvalue weighted by atomic mass is 9.77. The fourth-order valence-corrected chi connectivity index (χ4v) is 12.0. The summed E-state index contributed by atoms with van der Waals surface area (Å²) >= 11 is 6.72. The number of nitrogens with two attached hydrogens (primary N) is 1. The van der Waals surface area contributed by atoms with Crippen LogP contribution in [0, 0.1) is 23.5 Å². The van der Waals surface area contributed by atoms with Crippen LogP contribution in [0.5, 0.6) is 11.5 Å². The molecule has 0 spiro atoms. The van der Waals surface area contributed by atoms with E-state index < -0.39 is 34.1 Å². The minimum absolute atomic E-state index is 0.0526. The summed E-state index contributed by atoms with van der Waals surface area (Å²) in [4.78, 5) is 62.3. The Morgan fingerprint density at radius 3 is 2.40 bits per heavy atom. The van der Waals surface area contributed by atoms with Crippen LogP contribution in [0.4, 0.5) is 14.8 Å². The number of carbonyl (C=O) groups excluding carboxylic acids is 4. The molecule has 5 N–H and O–H groups in total. The third kappa shape index (κ3) is 9.63. The molecule has 3 saturated heterocycles. The van der Waals surface area contributed by atoms with Crippen LogP contribution < -0.4 is 30.7 Å². The molecule has 1 saturated carbocycles. The van der Waals surface area contributed by atoms with Crippen LogP contribution >= 0.6 is 11.6 Å². The van der Waals surface area contributed by atoms with E-state index in [1.807, 2.05) is 55.5 Å². The van der Waals surface area contributed by atoms with Gasteiger partial charge in [0.2, 0.25) is 23.6 Å². The number of imide groups is 1. The number of ether oxygens (including phenoxy) is 2. The van der Waals surface area contributed by atoms with Gasteiger partial charge in [0.25, 0.3) is 6.01 Å². The number of halogens is 3. The maximum Gasteiger partial charge on any atom is 0.298 e. The number of amides is 4. The molecule has 4 amide bonds. The number of oxazole rings is 1. The smallest absolute Gasteiger partial charge is 0.298 e. The molecule has 5 aliphatic rings. The second-order valence-electron chi connectivity index (χ2n) is 20.0. The molecular formula is C54H60ClF2N7O8. The van der Waals surface area contributed by atoms with Gasteiger partial charge in [-0.25, -0.2) is 8.78 Å². The fraction of sp³-hybridized carbons (Fsp3) is 0.463. The number of hydrogen-bond donors (Lipinski definition) is 4. The number of primary amides is 1. The van der Waals surface area contributed by atoms with E-state index in [4.69, 9.17) is 36.2 Å². The van der Waals surface area contributed by atoms with Gasteiger partial charge in [0, 0.05) is 99.4 Å². The van der Waals surface area contributed by atoms with Gasteiger partial charge in [0.15, 0.2) is 22.8 Å². The predicted molar refractivity (Wildman–Crippen MR) is 266 cm³/mol. The van der Waals surface area contributed by atoms with Crippen LogP contribution in [-0.4, -0.2) is 115 Å². The number of rotatable bonds is 14. The molecule has 5 heterocycles. The van der Waals surface area contributed by atoms with E-state index >= 15 is 8.78 Å². The highest BCUT2D eigenvalue weighted by Gasteiger charge is 2.50. The van der Waals surface area contributed by atoms with E-state index in [-0.39, 0.29) is 77.0 Å². The number of aromatic nitrogens is 1. The molecular weight excluding hydrogens is 948 g/mol. The largest absolute Gasteiger partial charge is 0.488 e. The number of benzene rings is 4. The lowest BCUT2D eigenvalue weighted by Crippen LogP contribution is -2.50. The van der Waals surface area contributed by atoms with Crippen LogP contribution in [0.3, 0.4) is 0 Å². The Bertz CT molecular complexity index is 2860. The van der Waals surface area contributed by atoms with Crippen molar-refractivity contribution in [1.29, 1.82) is 0 Å². The Kier molecular flexibility index (Phi) is 14.3. The van der Waals surface area contributed by atoms with Gasteiger partial charge in [-0.2, -0.15) is 4.98 Å². The van der Waals surface area contributed by atoms with Crippen LogP contribution in [-0.2, 0) is 20.0 Å². The molecule has 4 aliphatic heterocycles. The van der Waals surface area contributed by atoms with Gasteiger partial charge in [0.05, 0.1) is 23.1 Å². The molecule has 15 nitrogen and oxygen atoms in total.